The molecule has 2 aromatic rings. The zero-order valence-corrected chi connectivity index (χ0v) is 10.5. The largest absolute Gasteiger partial charge is 0.411 e. The number of hydrogen-bond acceptors (Lipinski definition) is 6. The van der Waals surface area contributed by atoms with Gasteiger partial charge in [-0.1, -0.05) is 35.5 Å². The van der Waals surface area contributed by atoms with E-state index in [-0.39, 0.29) is 11.9 Å². The van der Waals surface area contributed by atoms with E-state index in [0.717, 1.165) is 5.56 Å². The molecule has 0 aliphatic rings. The van der Waals surface area contributed by atoms with Gasteiger partial charge in [0.2, 0.25) is 0 Å². The van der Waals surface area contributed by atoms with E-state index in [1.807, 2.05) is 37.3 Å². The van der Waals surface area contributed by atoms with Crippen molar-refractivity contribution in [3.8, 4) is 0 Å². The van der Waals surface area contributed by atoms with Gasteiger partial charge in [-0.05, 0) is 12.5 Å². The van der Waals surface area contributed by atoms with Crippen LogP contribution in [0.5, 0.6) is 0 Å². The van der Waals surface area contributed by atoms with E-state index in [1.165, 1.54) is 12.5 Å². The number of nitrogens with two attached hydrogens (primary N) is 1. The quantitative estimate of drug-likeness (QED) is 0.442. The molecule has 1 atom stereocenters. The molecule has 0 aliphatic carbocycles. The van der Waals surface area contributed by atoms with Gasteiger partial charge in [0.05, 0.1) is 11.8 Å². The van der Waals surface area contributed by atoms with Crippen LogP contribution >= 0.6 is 0 Å². The maximum Gasteiger partial charge on any atom is 0.141 e. The summed E-state index contributed by atoms with van der Waals surface area (Å²) in [7, 11) is 0. The minimum Gasteiger partial charge on any atom is -0.411 e. The van der Waals surface area contributed by atoms with Crippen molar-refractivity contribution < 1.29 is 5.21 Å². The molecule has 0 bridgehead atoms. The molecule has 1 heterocycles. The number of aromatic nitrogens is 2. The lowest BCUT2D eigenvalue weighted by Gasteiger charge is -2.16. The molecule has 6 nitrogen and oxygen atoms in total. The third kappa shape index (κ3) is 2.98. The number of hydrogen-bond donors (Lipinski definition) is 3. The minimum absolute atomic E-state index is 0.0429. The Kier molecular flexibility index (Phi) is 3.92. The number of benzene rings is 1. The predicted octanol–water partition coefficient (Wildman–Crippen LogP) is 2.04. The van der Waals surface area contributed by atoms with Crippen LogP contribution in [0.1, 0.15) is 24.1 Å². The van der Waals surface area contributed by atoms with Gasteiger partial charge in [-0.15, -0.1) is 0 Å². The molecule has 4 N–H and O–H groups in total. The van der Waals surface area contributed by atoms with Crippen LogP contribution < -0.4 is 11.1 Å². The summed E-state index contributed by atoms with van der Waals surface area (Å²) in [6.07, 6.45) is 2.58. The van der Waals surface area contributed by atoms with Crippen LogP contribution in [0.15, 0.2) is 41.8 Å². The van der Waals surface area contributed by atoms with Gasteiger partial charge in [0.1, 0.15) is 18.0 Å². The van der Waals surface area contributed by atoms with Gasteiger partial charge in [-0.25, -0.2) is 9.97 Å². The zero-order chi connectivity index (χ0) is 13.7. The van der Waals surface area contributed by atoms with Crippen molar-refractivity contribution in [1.82, 2.24) is 9.97 Å². The monoisotopic (exact) mass is 257 g/mol. The van der Waals surface area contributed by atoms with E-state index < -0.39 is 0 Å². The predicted molar refractivity (Wildman–Crippen MR) is 74.3 cm³/mol. The van der Waals surface area contributed by atoms with Gasteiger partial charge < -0.3 is 16.3 Å². The summed E-state index contributed by atoms with van der Waals surface area (Å²) in [6.45, 7) is 2.01. The second-order valence-electron chi connectivity index (χ2n) is 4.04. The van der Waals surface area contributed by atoms with Gasteiger partial charge in [-0.2, -0.15) is 0 Å². The fourth-order valence-electron chi connectivity index (χ4n) is 1.74. The van der Waals surface area contributed by atoms with Crippen LogP contribution in [-0.4, -0.2) is 21.4 Å². The molecule has 0 unspecified atom stereocenters. The van der Waals surface area contributed by atoms with Crippen molar-refractivity contribution in [2.45, 2.75) is 13.0 Å². The lowest BCUT2D eigenvalue weighted by molar-refractivity contribution is 0.322. The normalized spacial score (nSPS) is 12.5. The molecule has 0 saturated carbocycles. The molecule has 6 heteroatoms. The van der Waals surface area contributed by atoms with Gasteiger partial charge in [-0.3, -0.25) is 0 Å². The summed E-state index contributed by atoms with van der Waals surface area (Å²) in [5.74, 6) is 0.789. The summed E-state index contributed by atoms with van der Waals surface area (Å²) < 4.78 is 0. The Balaban J connectivity index is 2.26. The summed E-state index contributed by atoms with van der Waals surface area (Å²) in [5.41, 5.74) is 7.31. The Labute approximate surface area is 111 Å². The summed E-state index contributed by atoms with van der Waals surface area (Å²) in [4.78, 5) is 7.98. The molecule has 0 fully saturated rings. The average molecular weight is 257 g/mol. The lowest BCUT2D eigenvalue weighted by atomic mass is 10.1. The van der Waals surface area contributed by atoms with Crippen molar-refractivity contribution in [2.75, 3.05) is 11.1 Å². The molecule has 1 aromatic heterocycles. The van der Waals surface area contributed by atoms with Crippen LogP contribution in [0.4, 0.5) is 11.6 Å². The Morgan fingerprint density at radius 1 is 1.32 bits per heavy atom. The highest BCUT2D eigenvalue weighted by Gasteiger charge is 2.11. The van der Waals surface area contributed by atoms with Crippen molar-refractivity contribution in [2.24, 2.45) is 5.16 Å². The molecule has 0 aliphatic heterocycles. The summed E-state index contributed by atoms with van der Waals surface area (Å²) in [6, 6.07) is 9.98. The topological polar surface area (TPSA) is 96.4 Å². The van der Waals surface area contributed by atoms with E-state index in [0.29, 0.717) is 11.4 Å². The molecule has 0 radical (unpaired) electrons. The molecule has 0 amide bonds. The van der Waals surface area contributed by atoms with E-state index in [9.17, 15) is 0 Å². The third-order valence-electron chi connectivity index (χ3n) is 2.75. The SMILES string of the molecule is C[C@H](Nc1ncnc(N)c1/C=N/O)c1ccccc1. The van der Waals surface area contributed by atoms with Crippen LogP contribution in [0.25, 0.3) is 0 Å². The summed E-state index contributed by atoms with van der Waals surface area (Å²) in [5, 5.41) is 14.9. The first kappa shape index (κ1) is 12.8. The van der Waals surface area contributed by atoms with E-state index in [1.54, 1.807) is 0 Å². The van der Waals surface area contributed by atoms with Crippen molar-refractivity contribution in [3.63, 3.8) is 0 Å². The average Bonchev–Trinajstić information content (AvgIpc) is 2.43. The van der Waals surface area contributed by atoms with Gasteiger partial charge >= 0.3 is 0 Å². The van der Waals surface area contributed by atoms with Crippen LogP contribution in [0.2, 0.25) is 0 Å². The number of nitrogen functional groups attached to an aromatic ring is 1. The molecule has 0 saturated heterocycles. The Hall–Kier alpha value is -2.63. The molecule has 0 spiro atoms. The van der Waals surface area contributed by atoms with Crippen molar-refractivity contribution >= 4 is 17.9 Å². The van der Waals surface area contributed by atoms with Crippen LogP contribution in [0, 0.1) is 0 Å². The molecule has 1 aromatic carbocycles. The first-order chi connectivity index (χ1) is 9.22. The standard InChI is InChI=1S/C13H15N5O/c1-9(10-5-3-2-4-6-10)18-13-11(7-17-19)12(14)15-8-16-13/h2-9,19H,1H3,(H3,14,15,16,18)/b17-7+/t9-/m0/s1. The molecule has 98 valence electrons. The van der Waals surface area contributed by atoms with E-state index >= 15 is 0 Å². The highest BCUT2D eigenvalue weighted by atomic mass is 16.4. The van der Waals surface area contributed by atoms with E-state index in [2.05, 4.69) is 20.4 Å². The number of rotatable bonds is 4. The molecule has 2 rings (SSSR count). The van der Waals surface area contributed by atoms with E-state index in [4.69, 9.17) is 10.9 Å². The van der Waals surface area contributed by atoms with Gasteiger partial charge in [0.15, 0.2) is 0 Å². The Bertz CT molecular complexity index is 571. The maximum atomic E-state index is 8.65. The minimum atomic E-state index is 0.0429. The van der Waals surface area contributed by atoms with Crippen LogP contribution in [-0.2, 0) is 0 Å². The van der Waals surface area contributed by atoms with Crippen molar-refractivity contribution in [1.29, 1.82) is 0 Å². The van der Waals surface area contributed by atoms with Crippen molar-refractivity contribution in [3.05, 3.63) is 47.8 Å². The van der Waals surface area contributed by atoms with Gasteiger partial charge in [0, 0.05) is 6.04 Å². The lowest BCUT2D eigenvalue weighted by Crippen LogP contribution is -2.12. The molecular weight excluding hydrogens is 242 g/mol. The van der Waals surface area contributed by atoms with Crippen LogP contribution in [0.3, 0.4) is 0 Å². The summed E-state index contributed by atoms with van der Waals surface area (Å²) >= 11 is 0. The second-order valence-corrected chi connectivity index (χ2v) is 4.04. The Morgan fingerprint density at radius 3 is 2.74 bits per heavy atom. The fraction of sp³-hybridized carbons (Fsp3) is 0.154. The zero-order valence-electron chi connectivity index (χ0n) is 10.5. The highest BCUT2D eigenvalue weighted by Crippen LogP contribution is 2.21. The second kappa shape index (κ2) is 5.81. The highest BCUT2D eigenvalue weighted by molar-refractivity contribution is 5.91. The first-order valence-corrected chi connectivity index (χ1v) is 5.81. The number of oxime groups is 1. The fourth-order valence-corrected chi connectivity index (χ4v) is 1.74. The molecular formula is C13H15N5O. The number of nitrogens with zero attached hydrogens (tertiary/aromatic N) is 3. The van der Waals surface area contributed by atoms with Gasteiger partial charge in [0.25, 0.3) is 0 Å². The number of nitrogens with one attached hydrogen (secondary N) is 1. The smallest absolute Gasteiger partial charge is 0.141 e. The first-order valence-electron chi connectivity index (χ1n) is 5.81. The maximum absolute atomic E-state index is 8.65. The molecule has 19 heavy (non-hydrogen) atoms. The number of anilines is 2. The third-order valence-corrected chi connectivity index (χ3v) is 2.75. The Morgan fingerprint density at radius 2 is 2.05 bits per heavy atom.